The maximum atomic E-state index is 11.4. The number of rotatable bonds is 1. The molecule has 2 aliphatic rings. The lowest BCUT2D eigenvalue weighted by molar-refractivity contribution is -0.917. The summed E-state index contributed by atoms with van der Waals surface area (Å²) in [5, 5.41) is 9.48. The van der Waals surface area contributed by atoms with Gasteiger partial charge in [-0.15, -0.1) is 0 Å². The van der Waals surface area contributed by atoms with Crippen molar-refractivity contribution < 1.29 is 30.4 Å². The third-order valence-corrected chi connectivity index (χ3v) is 6.27. The predicted molar refractivity (Wildman–Crippen MR) is 62.7 cm³/mol. The zero-order valence-corrected chi connectivity index (χ0v) is 12.1. The highest BCUT2D eigenvalue weighted by molar-refractivity contribution is 7.91. The van der Waals surface area contributed by atoms with Crippen LogP contribution in [0, 0.1) is 11.3 Å². The van der Waals surface area contributed by atoms with Gasteiger partial charge >= 0.3 is 0 Å². The molecule has 0 amide bonds. The maximum absolute atomic E-state index is 11.4. The van der Waals surface area contributed by atoms with Crippen LogP contribution in [-0.2, 0) is 9.84 Å². The van der Waals surface area contributed by atoms with Crippen molar-refractivity contribution in [3.05, 3.63) is 0 Å². The molecule has 0 aromatic carbocycles. The second kappa shape index (κ2) is 4.68. The predicted octanol–water partition coefficient (Wildman–Crippen LogP) is -3.12. The molecule has 2 fully saturated rings. The second-order valence-corrected chi connectivity index (χ2v) is 8.30. The minimum atomic E-state index is -2.79. The summed E-state index contributed by atoms with van der Waals surface area (Å²) >= 11 is 0. The largest absolute Gasteiger partial charge is 1.00 e. The summed E-state index contributed by atoms with van der Waals surface area (Å²) in [6, 6.07) is 0. The van der Waals surface area contributed by atoms with Crippen LogP contribution in [0.15, 0.2) is 0 Å². The van der Waals surface area contributed by atoms with Crippen molar-refractivity contribution >= 4 is 9.84 Å². The zero-order valence-electron chi connectivity index (χ0n) is 10.5. The Kier molecular flexibility index (Phi) is 4.19. The van der Waals surface area contributed by atoms with Crippen LogP contribution in [0.1, 0.15) is 13.8 Å². The molecule has 1 N–H and O–H groups in total. The Bertz CT molecular complexity index is 370. The smallest absolute Gasteiger partial charge is 0.161 e. The number of hydrogen-bond donors (Lipinski definition) is 1. The third kappa shape index (κ3) is 2.78. The van der Waals surface area contributed by atoms with Crippen molar-refractivity contribution in [1.82, 2.24) is 0 Å². The fourth-order valence-corrected chi connectivity index (χ4v) is 4.75. The molecule has 17 heavy (non-hydrogen) atoms. The summed E-state index contributed by atoms with van der Waals surface area (Å²) in [4.78, 5) is 0. The van der Waals surface area contributed by atoms with Gasteiger partial charge in [0.25, 0.3) is 0 Å². The van der Waals surface area contributed by atoms with Gasteiger partial charge in [-0.1, -0.05) is 13.8 Å². The van der Waals surface area contributed by atoms with Gasteiger partial charge in [-0.2, -0.15) is 0 Å². The normalized spacial score (nSPS) is 38.9. The van der Waals surface area contributed by atoms with Crippen LogP contribution in [0.4, 0.5) is 0 Å². The lowest BCUT2D eigenvalue weighted by atomic mass is 9.82. The molecular formula is C11H22ClNO3S. The molecule has 0 saturated carbocycles. The Morgan fingerprint density at radius 2 is 1.88 bits per heavy atom. The number of aliphatic hydroxyl groups is 1. The Labute approximate surface area is 110 Å². The van der Waals surface area contributed by atoms with Crippen molar-refractivity contribution in [1.29, 1.82) is 0 Å². The number of halogens is 1. The van der Waals surface area contributed by atoms with E-state index in [1.165, 1.54) is 0 Å². The van der Waals surface area contributed by atoms with E-state index in [4.69, 9.17) is 0 Å². The van der Waals surface area contributed by atoms with E-state index in [1.54, 1.807) is 0 Å². The summed E-state index contributed by atoms with van der Waals surface area (Å²) in [5.41, 5.74) is -0.0267. The Hall–Kier alpha value is 0.160. The Balaban J connectivity index is 0.00000144. The molecule has 0 radical (unpaired) electrons. The molecule has 2 heterocycles. The first-order valence-electron chi connectivity index (χ1n) is 5.97. The number of sulfone groups is 1. The molecule has 1 spiro atoms. The zero-order chi connectivity index (χ0) is 12.0. The summed E-state index contributed by atoms with van der Waals surface area (Å²) in [6.45, 7) is 7.93. The molecule has 102 valence electrons. The molecule has 0 aromatic rings. The van der Waals surface area contributed by atoms with Gasteiger partial charge in [0.15, 0.2) is 9.84 Å². The molecular weight excluding hydrogens is 262 g/mol. The van der Waals surface area contributed by atoms with E-state index in [0.717, 1.165) is 30.7 Å². The summed E-state index contributed by atoms with van der Waals surface area (Å²) in [6.07, 6.45) is 0. The summed E-state index contributed by atoms with van der Waals surface area (Å²) in [5.74, 6) is 1.11. The first-order valence-corrected chi connectivity index (χ1v) is 7.79. The van der Waals surface area contributed by atoms with Gasteiger partial charge in [0.2, 0.25) is 0 Å². The minimum absolute atomic E-state index is 0. The number of aliphatic hydroxyl groups excluding tert-OH is 1. The molecule has 2 saturated heterocycles. The van der Waals surface area contributed by atoms with Gasteiger partial charge in [-0.05, 0) is 0 Å². The van der Waals surface area contributed by atoms with E-state index in [-0.39, 0.29) is 24.4 Å². The fourth-order valence-electron chi connectivity index (χ4n) is 3.21. The van der Waals surface area contributed by atoms with Gasteiger partial charge in [0, 0.05) is 11.3 Å². The molecule has 6 heteroatoms. The van der Waals surface area contributed by atoms with E-state index in [0.29, 0.717) is 17.4 Å². The van der Waals surface area contributed by atoms with E-state index in [2.05, 4.69) is 13.8 Å². The molecule has 4 nitrogen and oxygen atoms in total. The monoisotopic (exact) mass is 283 g/mol. The average molecular weight is 284 g/mol. The van der Waals surface area contributed by atoms with Gasteiger partial charge in [0.05, 0.1) is 44.3 Å². The van der Waals surface area contributed by atoms with Crippen LogP contribution < -0.4 is 12.4 Å². The molecule has 2 unspecified atom stereocenters. The van der Waals surface area contributed by atoms with Crippen LogP contribution in [0.3, 0.4) is 0 Å². The van der Waals surface area contributed by atoms with Crippen LogP contribution in [0.2, 0.25) is 0 Å². The first-order chi connectivity index (χ1) is 7.31. The van der Waals surface area contributed by atoms with Crippen LogP contribution in [-0.4, -0.2) is 62.3 Å². The van der Waals surface area contributed by atoms with Gasteiger partial charge in [0.1, 0.15) is 0 Å². The standard InChI is InChI=1S/C11H22NO3S.ClH/c1-10-7-12(8-11(10,2)9-13)3-5-16(14,15)6-4-12;/h10,13H,3-9H2,1-2H3;1H/q+1;/p-1. The molecule has 2 rings (SSSR count). The van der Waals surface area contributed by atoms with E-state index in [9.17, 15) is 13.5 Å². The van der Waals surface area contributed by atoms with Crippen LogP contribution in [0.25, 0.3) is 0 Å². The Morgan fingerprint density at radius 1 is 1.35 bits per heavy atom. The van der Waals surface area contributed by atoms with E-state index in [1.807, 2.05) is 0 Å². The van der Waals surface area contributed by atoms with Crippen molar-refractivity contribution in [3.8, 4) is 0 Å². The summed E-state index contributed by atoms with van der Waals surface area (Å²) in [7, 11) is -2.79. The highest BCUT2D eigenvalue weighted by atomic mass is 35.5. The molecule has 2 aliphatic heterocycles. The van der Waals surface area contributed by atoms with Crippen molar-refractivity contribution in [3.63, 3.8) is 0 Å². The van der Waals surface area contributed by atoms with Crippen LogP contribution >= 0.6 is 0 Å². The highest BCUT2D eigenvalue weighted by Gasteiger charge is 2.52. The number of hydrogen-bond acceptors (Lipinski definition) is 3. The lowest BCUT2D eigenvalue weighted by Gasteiger charge is -2.38. The van der Waals surface area contributed by atoms with E-state index >= 15 is 0 Å². The van der Waals surface area contributed by atoms with Gasteiger partial charge < -0.3 is 22.0 Å². The van der Waals surface area contributed by atoms with Crippen LogP contribution in [0.5, 0.6) is 0 Å². The molecule has 0 bridgehead atoms. The van der Waals surface area contributed by atoms with Crippen molar-refractivity contribution in [2.75, 3.05) is 44.3 Å². The molecule has 0 aromatic heterocycles. The first kappa shape index (κ1) is 15.2. The maximum Gasteiger partial charge on any atom is 0.161 e. The second-order valence-electron chi connectivity index (χ2n) is 5.99. The number of quaternary nitrogens is 1. The lowest BCUT2D eigenvalue weighted by Crippen LogP contribution is -3.00. The quantitative estimate of drug-likeness (QED) is 0.518. The van der Waals surface area contributed by atoms with Gasteiger partial charge in [-0.25, -0.2) is 8.42 Å². The van der Waals surface area contributed by atoms with Gasteiger partial charge in [-0.3, -0.25) is 0 Å². The Morgan fingerprint density at radius 3 is 2.29 bits per heavy atom. The van der Waals surface area contributed by atoms with E-state index < -0.39 is 9.84 Å². The third-order valence-electron chi connectivity index (χ3n) is 4.66. The average Bonchev–Trinajstić information content (AvgIpc) is 2.47. The number of nitrogens with zero attached hydrogens (tertiary/aromatic N) is 1. The van der Waals surface area contributed by atoms with Crippen molar-refractivity contribution in [2.45, 2.75) is 13.8 Å². The van der Waals surface area contributed by atoms with Crippen molar-refractivity contribution in [2.24, 2.45) is 11.3 Å². The molecule has 0 aliphatic carbocycles. The topological polar surface area (TPSA) is 54.4 Å². The minimum Gasteiger partial charge on any atom is -1.00 e. The highest BCUT2D eigenvalue weighted by Crippen LogP contribution is 2.40. The molecule has 2 atom stereocenters. The fraction of sp³-hybridized carbons (Fsp3) is 1.00. The summed E-state index contributed by atoms with van der Waals surface area (Å²) < 4.78 is 23.8. The SMILES string of the molecule is CC1C[N+]2(CCS(=O)(=O)CC2)CC1(C)CO.[Cl-].